The molecule has 1 aromatic carbocycles. The minimum Gasteiger partial charge on any atom is -0.371 e. The quantitative estimate of drug-likeness (QED) is 0.432. The Morgan fingerprint density at radius 3 is 2.78 bits per heavy atom. The van der Waals surface area contributed by atoms with Crippen LogP contribution in [0.1, 0.15) is 55.8 Å². The van der Waals surface area contributed by atoms with Crippen LogP contribution in [0.3, 0.4) is 0 Å². The van der Waals surface area contributed by atoms with Crippen LogP contribution in [0.25, 0.3) is 0 Å². The normalized spacial score (nSPS) is 22.6. The van der Waals surface area contributed by atoms with Crippen LogP contribution in [0.4, 0.5) is 11.4 Å². The van der Waals surface area contributed by atoms with E-state index in [2.05, 4.69) is 17.1 Å². The highest BCUT2D eigenvalue weighted by Crippen LogP contribution is 2.28. The summed E-state index contributed by atoms with van der Waals surface area (Å²) >= 11 is 0. The van der Waals surface area contributed by atoms with E-state index in [1.165, 1.54) is 37.9 Å². The molecule has 1 unspecified atom stereocenters. The van der Waals surface area contributed by atoms with Crippen molar-refractivity contribution in [2.24, 2.45) is 0 Å². The monoisotopic (exact) mass is 375 g/mol. The van der Waals surface area contributed by atoms with Gasteiger partial charge in [0, 0.05) is 38.2 Å². The number of anilines is 1. The van der Waals surface area contributed by atoms with E-state index in [0.29, 0.717) is 18.2 Å². The minimum atomic E-state index is -0.439. The Labute approximate surface area is 160 Å². The minimum absolute atomic E-state index is 0.0327. The summed E-state index contributed by atoms with van der Waals surface area (Å²) in [5, 5.41) is 14.1. The lowest BCUT2D eigenvalue weighted by atomic mass is 10.0. The summed E-state index contributed by atoms with van der Waals surface area (Å²) in [5.41, 5.74) is 1.20. The van der Waals surface area contributed by atoms with E-state index in [0.717, 1.165) is 44.6 Å². The number of carbonyl (C=O) groups is 1. The van der Waals surface area contributed by atoms with Gasteiger partial charge in [0.15, 0.2) is 0 Å². The van der Waals surface area contributed by atoms with Gasteiger partial charge >= 0.3 is 0 Å². The van der Waals surface area contributed by atoms with Crippen LogP contribution in [0.5, 0.6) is 0 Å². The summed E-state index contributed by atoms with van der Waals surface area (Å²) in [5.74, 6) is -0.206. The van der Waals surface area contributed by atoms with Crippen LogP contribution in [0.15, 0.2) is 18.2 Å². The number of hydrogen-bond donors (Lipinski definition) is 2. The van der Waals surface area contributed by atoms with Gasteiger partial charge in [0.05, 0.1) is 35.3 Å². The second-order valence-corrected chi connectivity index (χ2v) is 7.82. The van der Waals surface area contributed by atoms with Crippen molar-refractivity contribution >= 4 is 17.3 Å². The summed E-state index contributed by atoms with van der Waals surface area (Å²) in [6, 6.07) is 5.33. The van der Waals surface area contributed by atoms with Gasteiger partial charge < -0.3 is 15.1 Å². The van der Waals surface area contributed by atoms with Crippen molar-refractivity contribution in [3.8, 4) is 0 Å². The molecule has 2 saturated heterocycles. The average molecular weight is 375 g/mol. The van der Waals surface area contributed by atoms with Crippen molar-refractivity contribution < 1.29 is 14.6 Å². The highest BCUT2D eigenvalue weighted by Gasteiger charge is 2.23. The van der Waals surface area contributed by atoms with Gasteiger partial charge in [-0.2, -0.15) is 0 Å². The number of rotatable bonds is 7. The lowest BCUT2D eigenvalue weighted by Crippen LogP contribution is -3.16. The van der Waals surface area contributed by atoms with Crippen LogP contribution in [0.2, 0.25) is 0 Å². The van der Waals surface area contributed by atoms with Gasteiger partial charge in [0.1, 0.15) is 0 Å². The number of nitro benzene ring substituents is 1. The molecule has 7 heteroatoms. The van der Waals surface area contributed by atoms with E-state index in [1.54, 1.807) is 11.0 Å². The molecular formula is C20H31N4O3+. The number of quaternary nitrogens is 1. The number of amides is 1. The highest BCUT2D eigenvalue weighted by atomic mass is 16.6. The second-order valence-electron chi connectivity index (χ2n) is 7.82. The smallest absolute Gasteiger partial charge is 0.270 e. The molecule has 148 valence electrons. The first kappa shape index (κ1) is 19.6. The Kier molecular flexibility index (Phi) is 6.66. The summed E-state index contributed by atoms with van der Waals surface area (Å²) in [6.45, 7) is 6.99. The average Bonchev–Trinajstić information content (AvgIpc) is 3.20. The molecule has 2 aliphatic heterocycles. The molecule has 0 aliphatic carbocycles. The highest BCUT2D eigenvalue weighted by molar-refractivity contribution is 6.00. The molecular weight excluding hydrogens is 344 g/mol. The fourth-order valence-electron chi connectivity index (χ4n) is 4.29. The zero-order valence-electron chi connectivity index (χ0n) is 16.2. The van der Waals surface area contributed by atoms with E-state index in [1.807, 2.05) is 0 Å². The van der Waals surface area contributed by atoms with Gasteiger partial charge in [-0.1, -0.05) is 0 Å². The summed E-state index contributed by atoms with van der Waals surface area (Å²) < 4.78 is 0. The number of nitro groups is 1. The lowest BCUT2D eigenvalue weighted by molar-refractivity contribution is -0.928. The van der Waals surface area contributed by atoms with Crippen molar-refractivity contribution in [3.05, 3.63) is 33.9 Å². The molecule has 2 aliphatic rings. The predicted molar refractivity (Wildman–Crippen MR) is 106 cm³/mol. The number of nitrogens with zero attached hydrogens (tertiary/aromatic N) is 2. The molecule has 1 amide bonds. The molecule has 0 saturated carbocycles. The fourth-order valence-corrected chi connectivity index (χ4v) is 4.29. The molecule has 0 radical (unpaired) electrons. The molecule has 2 N–H and O–H groups in total. The van der Waals surface area contributed by atoms with Gasteiger partial charge in [-0.05, 0) is 45.1 Å². The third-order valence-electron chi connectivity index (χ3n) is 5.92. The maximum atomic E-state index is 12.7. The van der Waals surface area contributed by atoms with Gasteiger partial charge in [-0.25, -0.2) is 0 Å². The number of non-ortho nitro benzene ring substituents is 1. The molecule has 1 aromatic rings. The molecule has 3 rings (SSSR count). The molecule has 7 nitrogen and oxygen atoms in total. The Morgan fingerprint density at radius 1 is 1.30 bits per heavy atom. The SMILES string of the molecule is C[C@@H]1CCCC[NH+]1CCCNC(=O)c1cc([N+](=O)[O-])ccc1N1CCCC1. The van der Waals surface area contributed by atoms with Crippen molar-refractivity contribution in [2.45, 2.75) is 51.5 Å². The number of benzene rings is 1. The molecule has 0 aromatic heterocycles. The Morgan fingerprint density at radius 2 is 2.07 bits per heavy atom. The van der Waals surface area contributed by atoms with Crippen LogP contribution in [0, 0.1) is 10.1 Å². The molecule has 0 spiro atoms. The zero-order valence-corrected chi connectivity index (χ0v) is 16.2. The van der Waals surface area contributed by atoms with Crippen LogP contribution in [-0.4, -0.2) is 49.6 Å². The topological polar surface area (TPSA) is 79.9 Å². The molecule has 2 atom stereocenters. The molecule has 2 fully saturated rings. The van der Waals surface area contributed by atoms with Crippen LogP contribution >= 0.6 is 0 Å². The maximum Gasteiger partial charge on any atom is 0.270 e. The van der Waals surface area contributed by atoms with E-state index in [4.69, 9.17) is 0 Å². The number of hydrogen-bond acceptors (Lipinski definition) is 4. The lowest BCUT2D eigenvalue weighted by Gasteiger charge is -2.30. The van der Waals surface area contributed by atoms with Gasteiger partial charge in [-0.3, -0.25) is 14.9 Å². The Balaban J connectivity index is 1.60. The predicted octanol–water partition coefficient (Wildman–Crippen LogP) is 1.77. The van der Waals surface area contributed by atoms with Gasteiger partial charge in [0.25, 0.3) is 11.6 Å². The first-order chi connectivity index (χ1) is 13.1. The first-order valence-corrected chi connectivity index (χ1v) is 10.2. The van der Waals surface area contributed by atoms with E-state index in [-0.39, 0.29) is 11.6 Å². The van der Waals surface area contributed by atoms with Crippen LogP contribution in [-0.2, 0) is 0 Å². The summed E-state index contributed by atoms with van der Waals surface area (Å²) in [6.07, 6.45) is 7.02. The van der Waals surface area contributed by atoms with Crippen molar-refractivity contribution in [3.63, 3.8) is 0 Å². The fraction of sp³-hybridized carbons (Fsp3) is 0.650. The molecule has 0 bridgehead atoms. The second kappa shape index (κ2) is 9.17. The third-order valence-corrected chi connectivity index (χ3v) is 5.92. The van der Waals surface area contributed by atoms with E-state index < -0.39 is 4.92 Å². The number of nitrogens with one attached hydrogen (secondary N) is 2. The van der Waals surface area contributed by atoms with Crippen LogP contribution < -0.4 is 15.1 Å². The molecule has 27 heavy (non-hydrogen) atoms. The third kappa shape index (κ3) is 4.97. The van der Waals surface area contributed by atoms with Gasteiger partial charge in [-0.15, -0.1) is 0 Å². The largest absolute Gasteiger partial charge is 0.371 e. The summed E-state index contributed by atoms with van der Waals surface area (Å²) in [7, 11) is 0. The van der Waals surface area contributed by atoms with Gasteiger partial charge in [0.2, 0.25) is 0 Å². The number of piperidine rings is 1. The Hall–Kier alpha value is -2.15. The maximum absolute atomic E-state index is 12.7. The van der Waals surface area contributed by atoms with Crippen molar-refractivity contribution in [2.75, 3.05) is 37.6 Å². The number of likely N-dealkylation sites (tertiary alicyclic amines) is 1. The van der Waals surface area contributed by atoms with Crippen molar-refractivity contribution in [1.82, 2.24) is 5.32 Å². The summed E-state index contributed by atoms with van der Waals surface area (Å²) in [4.78, 5) is 27.2. The Bertz CT molecular complexity index is 673. The first-order valence-electron chi connectivity index (χ1n) is 10.2. The molecule has 2 heterocycles. The number of carbonyl (C=O) groups excluding carboxylic acids is 1. The standard InChI is InChI=1S/C20H30N4O3/c1-16-7-2-3-11-22(16)14-6-10-21-20(25)18-15-17(24(26)27)8-9-19(18)23-12-4-5-13-23/h8-9,15-16H,2-7,10-14H2,1H3,(H,21,25)/p+1/t16-/m1/s1. The zero-order chi connectivity index (χ0) is 19.2. The van der Waals surface area contributed by atoms with E-state index in [9.17, 15) is 14.9 Å². The van der Waals surface area contributed by atoms with E-state index >= 15 is 0 Å². The van der Waals surface area contributed by atoms with Crippen molar-refractivity contribution in [1.29, 1.82) is 0 Å².